The van der Waals surface area contributed by atoms with Gasteiger partial charge < -0.3 is 14.6 Å². The van der Waals surface area contributed by atoms with Gasteiger partial charge in [-0.25, -0.2) is 9.78 Å². The van der Waals surface area contributed by atoms with Gasteiger partial charge in [-0.1, -0.05) is 29.5 Å². The van der Waals surface area contributed by atoms with E-state index in [4.69, 9.17) is 9.47 Å². The fourth-order valence-corrected chi connectivity index (χ4v) is 5.34. The van der Waals surface area contributed by atoms with E-state index in [1.54, 1.807) is 55.6 Å². The van der Waals surface area contributed by atoms with Crippen molar-refractivity contribution in [2.45, 2.75) is 26.8 Å². The number of thiophene rings is 1. The van der Waals surface area contributed by atoms with Gasteiger partial charge in [0, 0.05) is 0 Å². The zero-order valence-corrected chi connectivity index (χ0v) is 20.4. The average Bonchev–Trinajstić information content (AvgIpc) is 3.54. The number of nitrogens with zero attached hydrogens (tertiary/aromatic N) is 2. The maximum atomic E-state index is 13.4. The average molecular weight is 499 g/mol. The zero-order chi connectivity index (χ0) is 24.4. The Morgan fingerprint density at radius 2 is 1.88 bits per heavy atom. The number of amides is 1. The molecule has 0 saturated carbocycles. The first kappa shape index (κ1) is 23.7. The molecule has 1 aromatic carbocycles. The number of benzene rings is 1. The molecule has 1 N–H and O–H groups in total. The Bertz CT molecular complexity index is 1260. The number of anilines is 1. The summed E-state index contributed by atoms with van der Waals surface area (Å²) in [7, 11) is 0. The molecule has 3 heterocycles. The van der Waals surface area contributed by atoms with Crippen molar-refractivity contribution < 1.29 is 29.0 Å². The molecule has 1 aliphatic rings. The van der Waals surface area contributed by atoms with Gasteiger partial charge in [0.05, 0.1) is 35.4 Å². The summed E-state index contributed by atoms with van der Waals surface area (Å²) >= 11 is 2.20. The molecule has 1 atom stereocenters. The van der Waals surface area contributed by atoms with Crippen molar-refractivity contribution in [3.8, 4) is 5.75 Å². The number of Topliss-reactive ketones (excluding diaryl/α,β-unsaturated/α-hetero) is 1. The minimum Gasteiger partial charge on any atom is -0.503 e. The molecule has 10 heteroatoms. The molecule has 34 heavy (non-hydrogen) atoms. The van der Waals surface area contributed by atoms with Crippen molar-refractivity contribution in [2.75, 3.05) is 18.1 Å². The zero-order valence-electron chi connectivity index (χ0n) is 18.7. The van der Waals surface area contributed by atoms with Gasteiger partial charge in [0.1, 0.15) is 10.6 Å². The monoisotopic (exact) mass is 498 g/mol. The van der Waals surface area contributed by atoms with Gasteiger partial charge in [0.15, 0.2) is 10.9 Å². The Balaban J connectivity index is 1.82. The van der Waals surface area contributed by atoms with E-state index in [0.717, 1.165) is 11.3 Å². The van der Waals surface area contributed by atoms with Gasteiger partial charge >= 0.3 is 5.97 Å². The van der Waals surface area contributed by atoms with Gasteiger partial charge in [0.2, 0.25) is 5.78 Å². The number of aliphatic hydroxyl groups is 1. The molecule has 0 radical (unpaired) electrons. The largest absolute Gasteiger partial charge is 0.503 e. The quantitative estimate of drug-likeness (QED) is 0.349. The SMILES string of the molecule is CCOC(=O)c1sc(N2C(=O)C(O)=C(C(=O)c3cccs3)C2c2ccc(OCC)cc2)nc1C. The van der Waals surface area contributed by atoms with Crippen LogP contribution in [-0.4, -0.2) is 41.0 Å². The van der Waals surface area contributed by atoms with E-state index >= 15 is 0 Å². The number of thiazole rings is 1. The maximum Gasteiger partial charge on any atom is 0.350 e. The lowest BCUT2D eigenvalue weighted by Crippen LogP contribution is -2.31. The lowest BCUT2D eigenvalue weighted by Gasteiger charge is -2.24. The first-order valence-corrected chi connectivity index (χ1v) is 12.3. The minimum absolute atomic E-state index is 0.0397. The first-order valence-electron chi connectivity index (χ1n) is 10.6. The van der Waals surface area contributed by atoms with Gasteiger partial charge in [-0.05, 0) is 49.9 Å². The van der Waals surface area contributed by atoms with Crippen LogP contribution in [0.5, 0.6) is 5.75 Å². The van der Waals surface area contributed by atoms with Crippen LogP contribution in [0, 0.1) is 6.92 Å². The standard InChI is InChI=1S/C24H22N2O6S2/c1-4-31-15-10-8-14(9-11-15)18-17(19(27)16-7-6-12-33-16)20(28)22(29)26(18)24-25-13(3)21(34-24)23(30)32-5-2/h6-12,18,28H,4-5H2,1-3H3. The molecule has 0 aliphatic carbocycles. The van der Waals surface area contributed by atoms with Gasteiger partial charge in [-0.15, -0.1) is 11.3 Å². The number of carbonyl (C=O) groups excluding carboxylic acids is 3. The molecule has 4 rings (SSSR count). The second kappa shape index (κ2) is 9.78. The Morgan fingerprint density at radius 3 is 2.50 bits per heavy atom. The van der Waals surface area contributed by atoms with Crippen LogP contribution >= 0.6 is 22.7 Å². The number of rotatable bonds is 8. The van der Waals surface area contributed by atoms with Crippen molar-refractivity contribution in [3.63, 3.8) is 0 Å². The summed E-state index contributed by atoms with van der Waals surface area (Å²) in [4.78, 5) is 45.3. The molecular weight excluding hydrogens is 476 g/mol. The highest BCUT2D eigenvalue weighted by Gasteiger charge is 2.46. The lowest BCUT2D eigenvalue weighted by atomic mass is 9.95. The summed E-state index contributed by atoms with van der Waals surface area (Å²) in [5.41, 5.74) is 0.947. The third-order valence-corrected chi connectivity index (χ3v) is 7.16. The van der Waals surface area contributed by atoms with Crippen LogP contribution in [0.1, 0.15) is 50.5 Å². The third-order valence-electron chi connectivity index (χ3n) is 5.16. The number of ether oxygens (including phenoxy) is 2. The van der Waals surface area contributed by atoms with Crippen molar-refractivity contribution in [1.82, 2.24) is 4.98 Å². The highest BCUT2D eigenvalue weighted by molar-refractivity contribution is 7.17. The van der Waals surface area contributed by atoms with Gasteiger partial charge in [0.25, 0.3) is 5.91 Å². The molecule has 0 bridgehead atoms. The van der Waals surface area contributed by atoms with E-state index in [-0.39, 0.29) is 22.2 Å². The van der Waals surface area contributed by atoms with E-state index in [2.05, 4.69) is 4.98 Å². The highest BCUT2D eigenvalue weighted by atomic mass is 32.1. The van der Waals surface area contributed by atoms with Crippen LogP contribution in [-0.2, 0) is 9.53 Å². The summed E-state index contributed by atoms with van der Waals surface area (Å²) in [6, 6.07) is 9.39. The first-order chi connectivity index (χ1) is 16.4. The molecule has 176 valence electrons. The van der Waals surface area contributed by atoms with Crippen molar-refractivity contribution in [1.29, 1.82) is 0 Å². The fourth-order valence-electron chi connectivity index (χ4n) is 3.67. The van der Waals surface area contributed by atoms with Crippen LogP contribution < -0.4 is 9.64 Å². The Morgan fingerprint density at radius 1 is 1.15 bits per heavy atom. The number of aromatic nitrogens is 1. The molecule has 1 aliphatic heterocycles. The van der Waals surface area contributed by atoms with Crippen molar-refractivity contribution >= 4 is 45.5 Å². The Labute approximate surface area is 204 Å². The van der Waals surface area contributed by atoms with E-state index in [1.807, 2.05) is 6.92 Å². The maximum absolute atomic E-state index is 13.4. The minimum atomic E-state index is -0.932. The van der Waals surface area contributed by atoms with Crippen LogP contribution in [0.25, 0.3) is 0 Å². The van der Waals surface area contributed by atoms with E-state index in [9.17, 15) is 19.5 Å². The number of carbonyl (C=O) groups is 3. The molecule has 0 spiro atoms. The summed E-state index contributed by atoms with van der Waals surface area (Å²) in [6.45, 7) is 5.90. The molecule has 0 fully saturated rings. The molecular formula is C24H22N2O6S2. The molecule has 2 aromatic heterocycles. The normalized spacial score (nSPS) is 15.7. The van der Waals surface area contributed by atoms with E-state index in [0.29, 0.717) is 28.5 Å². The van der Waals surface area contributed by atoms with Crippen LogP contribution in [0.4, 0.5) is 5.13 Å². The summed E-state index contributed by atoms with van der Waals surface area (Å²) in [5, 5.41) is 12.8. The molecule has 1 amide bonds. The second-order valence-corrected chi connectivity index (χ2v) is 9.21. The van der Waals surface area contributed by atoms with Crippen molar-refractivity contribution in [3.05, 3.63) is 74.1 Å². The van der Waals surface area contributed by atoms with Crippen LogP contribution in [0.3, 0.4) is 0 Å². The predicted molar refractivity (Wildman–Crippen MR) is 129 cm³/mol. The van der Waals surface area contributed by atoms with Gasteiger partial charge in [-0.3, -0.25) is 14.5 Å². The lowest BCUT2D eigenvalue weighted by molar-refractivity contribution is -0.117. The molecule has 8 nitrogen and oxygen atoms in total. The number of ketones is 1. The molecule has 0 saturated heterocycles. The smallest absolute Gasteiger partial charge is 0.350 e. The summed E-state index contributed by atoms with van der Waals surface area (Å²) in [6.07, 6.45) is 0. The van der Waals surface area contributed by atoms with E-state index in [1.165, 1.54) is 16.2 Å². The fraction of sp³-hybridized carbons (Fsp3) is 0.250. The number of aliphatic hydroxyl groups excluding tert-OH is 1. The van der Waals surface area contributed by atoms with Gasteiger partial charge in [-0.2, -0.15) is 0 Å². The second-order valence-electron chi connectivity index (χ2n) is 7.28. The Kier molecular flexibility index (Phi) is 6.80. The van der Waals surface area contributed by atoms with E-state index < -0.39 is 29.5 Å². The van der Waals surface area contributed by atoms with Crippen LogP contribution in [0.2, 0.25) is 0 Å². The summed E-state index contributed by atoms with van der Waals surface area (Å²) in [5.74, 6) is -1.75. The summed E-state index contributed by atoms with van der Waals surface area (Å²) < 4.78 is 10.6. The highest BCUT2D eigenvalue weighted by Crippen LogP contribution is 2.44. The van der Waals surface area contributed by atoms with Crippen LogP contribution in [0.15, 0.2) is 53.1 Å². The number of aryl methyl sites for hydroxylation is 1. The predicted octanol–water partition coefficient (Wildman–Crippen LogP) is 4.87. The van der Waals surface area contributed by atoms with Crippen molar-refractivity contribution in [2.24, 2.45) is 0 Å². The molecule has 1 unspecified atom stereocenters. The Hall–Kier alpha value is -3.50. The third kappa shape index (κ3) is 4.22. The number of hydrogen-bond acceptors (Lipinski definition) is 9. The number of esters is 1. The number of hydrogen-bond donors (Lipinski definition) is 1. The molecule has 3 aromatic rings. The topological polar surface area (TPSA) is 106 Å².